The van der Waals surface area contributed by atoms with Crippen molar-refractivity contribution in [3.8, 4) is 0 Å². The van der Waals surface area contributed by atoms with Gasteiger partial charge in [0.05, 0.1) is 12.8 Å². The summed E-state index contributed by atoms with van der Waals surface area (Å²) in [6, 6.07) is 8.38. The highest BCUT2D eigenvalue weighted by Gasteiger charge is 2.21. The second-order valence-electron chi connectivity index (χ2n) is 4.40. The molecule has 2 heterocycles. The van der Waals surface area contributed by atoms with Crippen LogP contribution in [0.1, 0.15) is 10.4 Å². The van der Waals surface area contributed by atoms with Gasteiger partial charge in [0.25, 0.3) is 0 Å². The summed E-state index contributed by atoms with van der Waals surface area (Å²) in [5, 5.41) is 4.17. The number of methoxy groups -OCH3 is 1. The molecule has 0 saturated carbocycles. The van der Waals surface area contributed by atoms with Gasteiger partial charge in [0, 0.05) is 15.2 Å². The summed E-state index contributed by atoms with van der Waals surface area (Å²) in [6.07, 6.45) is 1.65. The van der Waals surface area contributed by atoms with E-state index in [2.05, 4.69) is 10.3 Å². The van der Waals surface area contributed by atoms with E-state index in [1.807, 2.05) is 22.6 Å². The predicted molar refractivity (Wildman–Crippen MR) is 93.4 cm³/mol. The van der Waals surface area contributed by atoms with Crippen LogP contribution in [0.2, 0.25) is 0 Å². The zero-order valence-electron chi connectivity index (χ0n) is 11.4. The third-order valence-electron chi connectivity index (χ3n) is 3.04. The number of halogens is 2. The molecule has 1 N–H and O–H groups in total. The fraction of sp³-hybridized carbons (Fsp3) is 0.0667. The van der Waals surface area contributed by atoms with Crippen LogP contribution >= 0.6 is 33.9 Å². The van der Waals surface area contributed by atoms with Gasteiger partial charge in [-0.15, -0.1) is 0 Å². The predicted octanol–water partition coefficient (Wildman–Crippen LogP) is 4.57. The Balaban J connectivity index is 2.11. The summed E-state index contributed by atoms with van der Waals surface area (Å²) in [4.78, 5) is 17.0. The molecule has 3 rings (SSSR count). The SMILES string of the molecule is COC(=O)c1c(Nc2ccc(I)cc2F)sc2ncccc12. The molecule has 3 aromatic rings. The highest BCUT2D eigenvalue weighted by atomic mass is 127. The topological polar surface area (TPSA) is 51.2 Å². The monoisotopic (exact) mass is 428 g/mol. The Morgan fingerprint density at radius 3 is 2.95 bits per heavy atom. The van der Waals surface area contributed by atoms with Gasteiger partial charge in [-0.2, -0.15) is 0 Å². The number of nitrogens with zero attached hydrogens (tertiary/aromatic N) is 1. The van der Waals surface area contributed by atoms with Crippen LogP contribution in [-0.4, -0.2) is 18.1 Å². The number of rotatable bonds is 3. The zero-order chi connectivity index (χ0) is 15.7. The summed E-state index contributed by atoms with van der Waals surface area (Å²) >= 11 is 3.32. The Morgan fingerprint density at radius 2 is 2.23 bits per heavy atom. The maximum Gasteiger partial charge on any atom is 0.341 e. The van der Waals surface area contributed by atoms with E-state index >= 15 is 0 Å². The number of fused-ring (bicyclic) bond motifs is 1. The van der Waals surface area contributed by atoms with Crippen molar-refractivity contribution < 1.29 is 13.9 Å². The molecule has 2 aromatic heterocycles. The second kappa shape index (κ2) is 6.17. The molecule has 0 aliphatic rings. The van der Waals surface area contributed by atoms with Crippen LogP contribution in [0.25, 0.3) is 10.2 Å². The first-order valence-electron chi connectivity index (χ1n) is 6.28. The van der Waals surface area contributed by atoms with Gasteiger partial charge in [0.1, 0.15) is 21.2 Å². The Morgan fingerprint density at radius 1 is 1.41 bits per heavy atom. The van der Waals surface area contributed by atoms with Gasteiger partial charge in [0.2, 0.25) is 0 Å². The third kappa shape index (κ3) is 2.78. The number of anilines is 2. The molecule has 1 aromatic carbocycles. The van der Waals surface area contributed by atoms with E-state index in [9.17, 15) is 9.18 Å². The lowest BCUT2D eigenvalue weighted by atomic mass is 10.2. The molecule has 0 spiro atoms. The van der Waals surface area contributed by atoms with Gasteiger partial charge < -0.3 is 10.1 Å². The van der Waals surface area contributed by atoms with Crippen LogP contribution in [0.5, 0.6) is 0 Å². The second-order valence-corrected chi connectivity index (χ2v) is 6.65. The lowest BCUT2D eigenvalue weighted by Crippen LogP contribution is -2.04. The van der Waals surface area contributed by atoms with Gasteiger partial charge >= 0.3 is 5.97 Å². The van der Waals surface area contributed by atoms with Crippen molar-refractivity contribution >= 4 is 60.8 Å². The molecule has 112 valence electrons. The van der Waals surface area contributed by atoms with Gasteiger partial charge in [-0.25, -0.2) is 14.2 Å². The van der Waals surface area contributed by atoms with Crippen molar-refractivity contribution in [1.82, 2.24) is 4.98 Å². The Kier molecular flexibility index (Phi) is 4.25. The van der Waals surface area contributed by atoms with E-state index in [4.69, 9.17) is 4.74 Å². The summed E-state index contributed by atoms with van der Waals surface area (Å²) in [5.41, 5.74) is 0.672. The molecular formula is C15H10FIN2O2S. The van der Waals surface area contributed by atoms with E-state index in [0.717, 1.165) is 3.57 Å². The van der Waals surface area contributed by atoms with E-state index in [-0.39, 0.29) is 5.82 Å². The first kappa shape index (κ1) is 15.2. The summed E-state index contributed by atoms with van der Waals surface area (Å²) in [5.74, 6) is -0.860. The van der Waals surface area contributed by atoms with Gasteiger partial charge in [-0.3, -0.25) is 0 Å². The standard InChI is InChI=1S/C15H10FIN2O2S/c1-21-15(20)12-9-3-2-6-18-13(9)22-14(12)19-11-5-4-8(17)7-10(11)16/h2-7,19H,1H3. The first-order valence-corrected chi connectivity index (χ1v) is 8.17. The average molecular weight is 428 g/mol. The fourth-order valence-corrected chi connectivity index (χ4v) is 3.53. The molecule has 22 heavy (non-hydrogen) atoms. The number of carbonyl (C=O) groups is 1. The molecular weight excluding hydrogens is 418 g/mol. The van der Waals surface area contributed by atoms with Gasteiger partial charge in [0.15, 0.2) is 0 Å². The van der Waals surface area contributed by atoms with Crippen LogP contribution in [-0.2, 0) is 4.74 Å². The Bertz CT molecular complexity index is 866. The van der Waals surface area contributed by atoms with Crippen molar-refractivity contribution in [2.24, 2.45) is 0 Å². The molecule has 0 bridgehead atoms. The largest absolute Gasteiger partial charge is 0.465 e. The molecule has 7 heteroatoms. The lowest BCUT2D eigenvalue weighted by Gasteiger charge is -2.08. The fourth-order valence-electron chi connectivity index (χ4n) is 2.04. The molecule has 0 aliphatic carbocycles. The number of esters is 1. The van der Waals surface area contributed by atoms with Crippen molar-refractivity contribution in [3.63, 3.8) is 0 Å². The number of thiophene rings is 1. The van der Waals surface area contributed by atoms with Crippen molar-refractivity contribution in [1.29, 1.82) is 0 Å². The van der Waals surface area contributed by atoms with Crippen LogP contribution in [0, 0.1) is 9.39 Å². The maximum atomic E-state index is 14.0. The van der Waals surface area contributed by atoms with E-state index < -0.39 is 5.97 Å². The number of benzene rings is 1. The lowest BCUT2D eigenvalue weighted by molar-refractivity contribution is 0.0604. The number of ether oxygens (including phenoxy) is 1. The molecule has 0 saturated heterocycles. The summed E-state index contributed by atoms with van der Waals surface area (Å²) in [6.45, 7) is 0. The van der Waals surface area contributed by atoms with Crippen molar-refractivity contribution in [3.05, 3.63) is 51.5 Å². The maximum absolute atomic E-state index is 14.0. The van der Waals surface area contributed by atoms with Gasteiger partial charge in [-0.05, 0) is 52.9 Å². The minimum atomic E-state index is -0.479. The average Bonchev–Trinajstić information content (AvgIpc) is 2.87. The number of nitrogens with one attached hydrogen (secondary N) is 1. The van der Waals surface area contributed by atoms with Crippen LogP contribution < -0.4 is 5.32 Å². The first-order chi connectivity index (χ1) is 10.6. The highest BCUT2D eigenvalue weighted by molar-refractivity contribution is 14.1. The Labute approximate surface area is 143 Å². The molecule has 0 amide bonds. The molecule has 4 nitrogen and oxygen atoms in total. The quantitative estimate of drug-likeness (QED) is 0.491. The molecule has 0 fully saturated rings. The Hall–Kier alpha value is -1.74. The van der Waals surface area contributed by atoms with Crippen LogP contribution in [0.3, 0.4) is 0 Å². The van der Waals surface area contributed by atoms with E-state index in [0.29, 0.717) is 26.5 Å². The van der Waals surface area contributed by atoms with Gasteiger partial charge in [-0.1, -0.05) is 11.3 Å². The number of pyridine rings is 1. The summed E-state index contributed by atoms with van der Waals surface area (Å²) in [7, 11) is 1.32. The minimum absolute atomic E-state index is 0.303. The van der Waals surface area contributed by atoms with Crippen LogP contribution in [0.4, 0.5) is 15.1 Å². The third-order valence-corrected chi connectivity index (χ3v) is 4.74. The van der Waals surface area contributed by atoms with E-state index in [1.54, 1.807) is 30.5 Å². The number of hydrogen-bond acceptors (Lipinski definition) is 5. The highest BCUT2D eigenvalue weighted by Crippen LogP contribution is 2.37. The molecule has 0 radical (unpaired) electrons. The molecule has 0 aliphatic heterocycles. The number of hydrogen-bond donors (Lipinski definition) is 1. The van der Waals surface area contributed by atoms with E-state index in [1.165, 1.54) is 24.5 Å². The zero-order valence-corrected chi connectivity index (χ0v) is 14.4. The number of aromatic nitrogens is 1. The smallest absolute Gasteiger partial charge is 0.341 e. The normalized spacial score (nSPS) is 10.7. The summed E-state index contributed by atoms with van der Waals surface area (Å²) < 4.78 is 19.6. The van der Waals surface area contributed by atoms with Crippen LogP contribution in [0.15, 0.2) is 36.5 Å². The molecule has 0 atom stereocenters. The van der Waals surface area contributed by atoms with Crippen molar-refractivity contribution in [2.45, 2.75) is 0 Å². The van der Waals surface area contributed by atoms with Crippen molar-refractivity contribution in [2.75, 3.05) is 12.4 Å². The number of carbonyl (C=O) groups excluding carboxylic acids is 1. The molecule has 0 unspecified atom stereocenters. The minimum Gasteiger partial charge on any atom is -0.465 e.